The molecule has 0 aromatic carbocycles. The van der Waals surface area contributed by atoms with E-state index in [2.05, 4.69) is 19.9 Å². The number of imidazole rings is 1. The van der Waals surface area contributed by atoms with Crippen molar-refractivity contribution in [2.75, 3.05) is 0 Å². The highest BCUT2D eigenvalue weighted by atomic mass is 16.1. The van der Waals surface area contributed by atoms with Crippen molar-refractivity contribution >= 4 is 5.78 Å². The number of aryl methyl sites for hydroxylation is 1. The number of nitrogens with one attached hydrogen (secondary N) is 1. The van der Waals surface area contributed by atoms with E-state index in [1.54, 1.807) is 12.4 Å². The zero-order valence-corrected chi connectivity index (χ0v) is 8.48. The van der Waals surface area contributed by atoms with Gasteiger partial charge in [-0.05, 0) is 12.5 Å². The number of aromatic amines is 1. The second-order valence-corrected chi connectivity index (χ2v) is 3.29. The second kappa shape index (κ2) is 3.61. The molecule has 0 saturated carbocycles. The number of carbonyl (C=O) groups excluding carboxylic acids is 1. The Morgan fingerprint density at radius 3 is 2.40 bits per heavy atom. The van der Waals surface area contributed by atoms with E-state index in [9.17, 15) is 4.79 Å². The number of nitrogens with zero attached hydrogens (tertiary/aromatic N) is 3. The minimum atomic E-state index is -0.0548. The molecule has 1 N–H and O–H groups in total. The van der Waals surface area contributed by atoms with Gasteiger partial charge in [0.2, 0.25) is 0 Å². The molecule has 0 amide bonds. The minimum Gasteiger partial charge on any atom is -0.333 e. The Kier molecular flexibility index (Phi) is 2.29. The minimum absolute atomic E-state index is 0.0548. The molecular weight excluding hydrogens is 192 g/mol. The van der Waals surface area contributed by atoms with Gasteiger partial charge in [-0.15, -0.1) is 0 Å². The molecule has 0 radical (unpaired) electrons. The monoisotopic (exact) mass is 202 g/mol. The molecule has 5 heteroatoms. The number of hydrogen-bond acceptors (Lipinski definition) is 4. The van der Waals surface area contributed by atoms with Crippen LogP contribution in [0.3, 0.4) is 0 Å². The van der Waals surface area contributed by atoms with Crippen LogP contribution >= 0.6 is 0 Å². The standard InChI is InChI=1S/C10H10N4O/c1-6-3-11-9(12-4-6)10-13-5-8(14-10)7(2)15/h3-5H,1-2H3,(H,13,14). The van der Waals surface area contributed by atoms with Crippen LogP contribution in [0.1, 0.15) is 23.0 Å². The van der Waals surface area contributed by atoms with Crippen molar-refractivity contribution in [3.05, 3.63) is 29.8 Å². The summed E-state index contributed by atoms with van der Waals surface area (Å²) < 4.78 is 0. The van der Waals surface area contributed by atoms with Crippen molar-refractivity contribution in [2.24, 2.45) is 0 Å². The first-order valence-electron chi connectivity index (χ1n) is 4.52. The normalized spacial score (nSPS) is 10.3. The highest BCUT2D eigenvalue weighted by Gasteiger charge is 2.08. The maximum Gasteiger partial charge on any atom is 0.195 e. The Labute approximate surface area is 86.6 Å². The number of hydrogen-bond donors (Lipinski definition) is 1. The molecule has 0 spiro atoms. The first-order chi connectivity index (χ1) is 7.16. The van der Waals surface area contributed by atoms with Gasteiger partial charge in [-0.1, -0.05) is 0 Å². The van der Waals surface area contributed by atoms with Crippen molar-refractivity contribution in [3.63, 3.8) is 0 Å². The van der Waals surface area contributed by atoms with Gasteiger partial charge in [-0.3, -0.25) is 4.79 Å². The fraction of sp³-hybridized carbons (Fsp3) is 0.200. The lowest BCUT2D eigenvalue weighted by atomic mass is 10.3. The van der Waals surface area contributed by atoms with Crippen molar-refractivity contribution < 1.29 is 4.79 Å². The fourth-order valence-corrected chi connectivity index (χ4v) is 1.13. The lowest BCUT2D eigenvalue weighted by molar-refractivity contribution is 0.101. The average molecular weight is 202 g/mol. The molecule has 0 bridgehead atoms. The number of aromatic nitrogens is 4. The molecule has 2 aromatic rings. The van der Waals surface area contributed by atoms with Gasteiger partial charge in [-0.2, -0.15) is 0 Å². The molecule has 76 valence electrons. The molecule has 0 fully saturated rings. The van der Waals surface area contributed by atoms with Crippen molar-refractivity contribution in [3.8, 4) is 11.6 Å². The van der Waals surface area contributed by atoms with E-state index in [1.165, 1.54) is 13.1 Å². The lowest BCUT2D eigenvalue weighted by Gasteiger charge is -1.94. The van der Waals surface area contributed by atoms with Crippen LogP contribution in [0.2, 0.25) is 0 Å². The number of rotatable bonds is 2. The number of H-pyrrole nitrogens is 1. The van der Waals surface area contributed by atoms with E-state index in [1.807, 2.05) is 6.92 Å². The first-order valence-corrected chi connectivity index (χ1v) is 4.52. The summed E-state index contributed by atoms with van der Waals surface area (Å²) in [4.78, 5) is 26.1. The van der Waals surface area contributed by atoms with Crippen LogP contribution in [0.15, 0.2) is 18.6 Å². The predicted molar refractivity (Wildman–Crippen MR) is 54.4 cm³/mol. The average Bonchev–Trinajstić information content (AvgIpc) is 2.68. The van der Waals surface area contributed by atoms with Gasteiger partial charge in [-0.25, -0.2) is 15.0 Å². The fourth-order valence-electron chi connectivity index (χ4n) is 1.13. The van der Waals surface area contributed by atoms with Crippen molar-refractivity contribution in [2.45, 2.75) is 13.8 Å². The maximum atomic E-state index is 11.0. The van der Waals surface area contributed by atoms with E-state index in [-0.39, 0.29) is 5.78 Å². The Morgan fingerprint density at radius 2 is 1.87 bits per heavy atom. The van der Waals surface area contributed by atoms with Crippen LogP contribution in [0.5, 0.6) is 0 Å². The molecule has 0 aliphatic heterocycles. The summed E-state index contributed by atoms with van der Waals surface area (Å²) >= 11 is 0. The summed E-state index contributed by atoms with van der Waals surface area (Å²) in [5.41, 5.74) is 1.45. The largest absolute Gasteiger partial charge is 0.333 e. The third kappa shape index (κ3) is 1.90. The number of Topliss-reactive ketones (excluding diaryl/α,β-unsaturated/α-hetero) is 1. The van der Waals surface area contributed by atoms with Crippen LogP contribution in [-0.2, 0) is 0 Å². The third-order valence-corrected chi connectivity index (χ3v) is 1.95. The molecule has 2 rings (SSSR count). The molecule has 5 nitrogen and oxygen atoms in total. The van der Waals surface area contributed by atoms with E-state index in [0.717, 1.165) is 5.56 Å². The molecule has 0 saturated heterocycles. The number of ketones is 1. The topological polar surface area (TPSA) is 71.5 Å². The van der Waals surface area contributed by atoms with Crippen LogP contribution in [0, 0.1) is 6.92 Å². The molecular formula is C10H10N4O. The molecule has 0 unspecified atom stereocenters. The molecule has 2 heterocycles. The summed E-state index contributed by atoms with van der Waals surface area (Å²) in [6.45, 7) is 3.39. The van der Waals surface area contributed by atoms with Crippen LogP contribution in [-0.4, -0.2) is 25.7 Å². The van der Waals surface area contributed by atoms with E-state index >= 15 is 0 Å². The highest BCUT2D eigenvalue weighted by molar-refractivity contribution is 5.92. The molecule has 0 aliphatic carbocycles. The van der Waals surface area contributed by atoms with Gasteiger partial charge >= 0.3 is 0 Å². The molecule has 2 aromatic heterocycles. The Hall–Kier alpha value is -2.04. The van der Waals surface area contributed by atoms with Gasteiger partial charge in [0, 0.05) is 19.3 Å². The Bertz CT molecular complexity index is 486. The summed E-state index contributed by atoms with van der Waals surface area (Å²) in [5.74, 6) is 0.953. The summed E-state index contributed by atoms with van der Waals surface area (Å²) in [5, 5.41) is 0. The van der Waals surface area contributed by atoms with Crippen LogP contribution < -0.4 is 0 Å². The van der Waals surface area contributed by atoms with Gasteiger partial charge in [0.25, 0.3) is 0 Å². The van der Waals surface area contributed by atoms with Crippen molar-refractivity contribution in [1.29, 1.82) is 0 Å². The molecule has 15 heavy (non-hydrogen) atoms. The smallest absolute Gasteiger partial charge is 0.195 e. The quantitative estimate of drug-likeness (QED) is 0.747. The van der Waals surface area contributed by atoms with E-state index < -0.39 is 0 Å². The van der Waals surface area contributed by atoms with E-state index in [0.29, 0.717) is 17.3 Å². The van der Waals surface area contributed by atoms with Crippen LogP contribution in [0.25, 0.3) is 11.6 Å². The van der Waals surface area contributed by atoms with Gasteiger partial charge in [0.05, 0.1) is 6.20 Å². The highest BCUT2D eigenvalue weighted by Crippen LogP contribution is 2.09. The number of carbonyl (C=O) groups is 1. The Morgan fingerprint density at radius 1 is 1.20 bits per heavy atom. The summed E-state index contributed by atoms with van der Waals surface area (Å²) in [6.07, 6.45) is 4.90. The van der Waals surface area contributed by atoms with Crippen LogP contribution in [0.4, 0.5) is 0 Å². The van der Waals surface area contributed by atoms with Crippen molar-refractivity contribution in [1.82, 2.24) is 19.9 Å². The maximum absolute atomic E-state index is 11.0. The van der Waals surface area contributed by atoms with Gasteiger partial charge in [0.1, 0.15) is 5.69 Å². The lowest BCUT2D eigenvalue weighted by Crippen LogP contribution is -1.93. The SMILES string of the molecule is CC(=O)c1cnc(-c2ncc(C)cn2)[nH]1. The summed E-state index contributed by atoms with van der Waals surface area (Å²) in [7, 11) is 0. The van der Waals surface area contributed by atoms with E-state index in [4.69, 9.17) is 0 Å². The summed E-state index contributed by atoms with van der Waals surface area (Å²) in [6, 6.07) is 0. The second-order valence-electron chi connectivity index (χ2n) is 3.29. The first kappa shape index (κ1) is 9.51. The van der Waals surface area contributed by atoms with Gasteiger partial charge < -0.3 is 4.98 Å². The zero-order chi connectivity index (χ0) is 10.8. The molecule has 0 aliphatic rings. The zero-order valence-electron chi connectivity index (χ0n) is 8.48. The molecule has 0 atom stereocenters. The van der Waals surface area contributed by atoms with Gasteiger partial charge in [0.15, 0.2) is 17.4 Å². The Balaban J connectivity index is 2.37. The predicted octanol–water partition coefficient (Wildman–Crippen LogP) is 1.38. The third-order valence-electron chi connectivity index (χ3n) is 1.95.